The van der Waals surface area contributed by atoms with Gasteiger partial charge in [-0.3, -0.25) is 4.79 Å². The predicted molar refractivity (Wildman–Crippen MR) is 125 cm³/mol. The number of nitrogens with one attached hydrogen (secondary N) is 1. The summed E-state index contributed by atoms with van der Waals surface area (Å²) in [5, 5.41) is 2.62. The Kier molecular flexibility index (Phi) is 8.35. The molecule has 0 aromatic heterocycles. The molecule has 1 aliphatic heterocycles. The van der Waals surface area contributed by atoms with E-state index >= 15 is 0 Å². The van der Waals surface area contributed by atoms with Crippen molar-refractivity contribution in [3.8, 4) is 11.5 Å². The Labute approximate surface area is 190 Å². The Morgan fingerprint density at radius 2 is 1.66 bits per heavy atom. The van der Waals surface area contributed by atoms with Crippen molar-refractivity contribution in [3.05, 3.63) is 54.1 Å². The lowest BCUT2D eigenvalue weighted by Gasteiger charge is -2.35. The van der Waals surface area contributed by atoms with Gasteiger partial charge in [-0.25, -0.2) is 8.42 Å². The third-order valence-electron chi connectivity index (χ3n) is 5.19. The minimum atomic E-state index is -3.43. The number of carbonyl (C=O) groups is 1. The van der Waals surface area contributed by atoms with Crippen LogP contribution in [-0.4, -0.2) is 70.3 Å². The average molecular weight is 462 g/mol. The van der Waals surface area contributed by atoms with Crippen molar-refractivity contribution in [3.63, 3.8) is 0 Å². The topological polar surface area (TPSA) is 88.2 Å². The maximum Gasteiger partial charge on any atom is 0.257 e. The number of hydrogen-bond acceptors (Lipinski definition) is 6. The van der Waals surface area contributed by atoms with E-state index in [2.05, 4.69) is 16.3 Å². The highest BCUT2D eigenvalue weighted by molar-refractivity contribution is 7.89. The molecule has 0 unspecified atom stereocenters. The second kappa shape index (κ2) is 11.2. The van der Waals surface area contributed by atoms with E-state index in [9.17, 15) is 13.2 Å². The lowest BCUT2D eigenvalue weighted by molar-refractivity contribution is -0.122. The number of rotatable bonds is 10. The van der Waals surface area contributed by atoms with Crippen LogP contribution >= 0.6 is 0 Å². The summed E-state index contributed by atoms with van der Waals surface area (Å²) in [5.74, 6) is 0.780. The lowest BCUT2D eigenvalue weighted by atomic mass is 10.2. The fraction of sp³-hybridized carbons (Fsp3) is 0.435. The maximum atomic E-state index is 12.6. The summed E-state index contributed by atoms with van der Waals surface area (Å²) in [7, 11) is -3.43. The first kappa shape index (κ1) is 23.9. The smallest absolute Gasteiger partial charge is 0.257 e. The molecular weight excluding hydrogens is 430 g/mol. The van der Waals surface area contributed by atoms with Crippen LogP contribution in [0, 0.1) is 6.92 Å². The molecule has 0 saturated carbocycles. The molecule has 174 valence electrons. The van der Waals surface area contributed by atoms with Crippen molar-refractivity contribution in [2.45, 2.75) is 13.8 Å². The van der Waals surface area contributed by atoms with Gasteiger partial charge in [-0.05, 0) is 55.8 Å². The molecule has 0 spiro atoms. The van der Waals surface area contributed by atoms with Crippen molar-refractivity contribution in [2.24, 2.45) is 0 Å². The van der Waals surface area contributed by atoms with Gasteiger partial charge in [0.2, 0.25) is 10.0 Å². The first-order chi connectivity index (χ1) is 15.4. The van der Waals surface area contributed by atoms with Crippen molar-refractivity contribution < 1.29 is 22.7 Å². The minimum Gasteiger partial charge on any atom is -0.494 e. The Hall–Kier alpha value is -2.78. The molecule has 1 saturated heterocycles. The van der Waals surface area contributed by atoms with E-state index in [0.29, 0.717) is 38.5 Å². The summed E-state index contributed by atoms with van der Waals surface area (Å²) in [6.07, 6.45) is 0. The molecule has 0 bridgehead atoms. The van der Waals surface area contributed by atoms with E-state index in [4.69, 9.17) is 9.47 Å². The van der Waals surface area contributed by atoms with E-state index in [1.807, 2.05) is 32.0 Å². The largest absolute Gasteiger partial charge is 0.494 e. The number of sulfonamides is 1. The second-order valence-electron chi connectivity index (χ2n) is 7.58. The zero-order valence-electron chi connectivity index (χ0n) is 18.6. The Bertz CT molecular complexity index is 987. The Balaban J connectivity index is 1.38. The van der Waals surface area contributed by atoms with Crippen LogP contribution in [0.4, 0.5) is 5.69 Å². The molecule has 8 nitrogen and oxygen atoms in total. The number of aryl methyl sites for hydroxylation is 1. The monoisotopic (exact) mass is 461 g/mol. The number of anilines is 1. The quantitative estimate of drug-likeness (QED) is 0.583. The van der Waals surface area contributed by atoms with Gasteiger partial charge in [0.15, 0.2) is 6.61 Å². The normalized spacial score (nSPS) is 14.8. The number of ether oxygens (including phenoxy) is 2. The van der Waals surface area contributed by atoms with Gasteiger partial charge >= 0.3 is 0 Å². The molecule has 1 aliphatic rings. The zero-order valence-corrected chi connectivity index (χ0v) is 19.4. The molecule has 1 amide bonds. The van der Waals surface area contributed by atoms with Gasteiger partial charge in [0, 0.05) is 38.4 Å². The lowest BCUT2D eigenvalue weighted by Crippen LogP contribution is -2.50. The number of piperazine rings is 1. The van der Waals surface area contributed by atoms with Crippen LogP contribution < -0.4 is 19.7 Å². The molecule has 1 heterocycles. The fourth-order valence-corrected chi connectivity index (χ4v) is 4.83. The van der Waals surface area contributed by atoms with Crippen LogP contribution in [0.3, 0.4) is 0 Å². The van der Waals surface area contributed by atoms with Gasteiger partial charge in [-0.15, -0.1) is 0 Å². The molecular formula is C23H31N3O5S. The SMILES string of the molecule is CCOc1ccc(OCC(=O)NCCS(=O)(=O)N2CCN(c3cccc(C)c3)CC2)cc1. The van der Waals surface area contributed by atoms with Crippen molar-refractivity contribution in [2.75, 3.05) is 56.6 Å². The third kappa shape index (κ3) is 6.86. The number of carbonyl (C=O) groups excluding carboxylic acids is 1. The first-order valence-electron chi connectivity index (χ1n) is 10.8. The maximum absolute atomic E-state index is 12.6. The van der Waals surface area contributed by atoms with Gasteiger partial charge < -0.3 is 19.7 Å². The van der Waals surface area contributed by atoms with E-state index in [1.165, 1.54) is 9.87 Å². The molecule has 9 heteroatoms. The third-order valence-corrected chi connectivity index (χ3v) is 7.06. The van der Waals surface area contributed by atoms with E-state index in [1.54, 1.807) is 24.3 Å². The van der Waals surface area contributed by atoms with Crippen LogP contribution in [0.5, 0.6) is 11.5 Å². The summed E-state index contributed by atoms with van der Waals surface area (Å²) < 4.78 is 37.6. The molecule has 2 aromatic rings. The predicted octanol–water partition coefficient (Wildman–Crippen LogP) is 2.04. The number of benzene rings is 2. The highest BCUT2D eigenvalue weighted by Crippen LogP contribution is 2.19. The molecule has 2 aromatic carbocycles. The van der Waals surface area contributed by atoms with Crippen molar-refractivity contribution in [1.29, 1.82) is 0 Å². The van der Waals surface area contributed by atoms with Crippen LogP contribution in [0.25, 0.3) is 0 Å². The molecule has 0 radical (unpaired) electrons. The van der Waals surface area contributed by atoms with Crippen molar-refractivity contribution in [1.82, 2.24) is 9.62 Å². The fourth-order valence-electron chi connectivity index (χ4n) is 3.50. The molecule has 0 atom stereocenters. The number of hydrogen-bond donors (Lipinski definition) is 1. The highest BCUT2D eigenvalue weighted by atomic mass is 32.2. The highest BCUT2D eigenvalue weighted by Gasteiger charge is 2.26. The minimum absolute atomic E-state index is 0.0475. The van der Waals surface area contributed by atoms with Gasteiger partial charge in [-0.2, -0.15) is 4.31 Å². The summed E-state index contributed by atoms with van der Waals surface area (Å²) in [4.78, 5) is 14.2. The van der Waals surface area contributed by atoms with Crippen LogP contribution in [0.2, 0.25) is 0 Å². The number of nitrogens with zero attached hydrogens (tertiary/aromatic N) is 2. The summed E-state index contributed by atoms with van der Waals surface area (Å²) in [6.45, 7) is 6.55. The molecule has 32 heavy (non-hydrogen) atoms. The molecule has 0 aliphatic carbocycles. The Morgan fingerprint density at radius 3 is 2.28 bits per heavy atom. The zero-order chi connectivity index (χ0) is 23.0. The van der Waals surface area contributed by atoms with Gasteiger partial charge in [0.05, 0.1) is 12.4 Å². The molecule has 1 N–H and O–H groups in total. The summed E-state index contributed by atoms with van der Waals surface area (Å²) in [5.41, 5.74) is 2.29. The molecule has 1 fully saturated rings. The molecule has 3 rings (SSSR count). The number of amides is 1. The van der Waals surface area contributed by atoms with E-state index < -0.39 is 10.0 Å². The van der Waals surface area contributed by atoms with Gasteiger partial charge in [0.1, 0.15) is 11.5 Å². The van der Waals surface area contributed by atoms with E-state index in [0.717, 1.165) is 11.4 Å². The standard InChI is InChI=1S/C23H31N3O5S/c1-3-30-21-7-9-22(10-8-21)31-18-23(27)24-11-16-32(28,29)26-14-12-25(13-15-26)20-6-4-5-19(2)17-20/h4-10,17H,3,11-16,18H2,1-2H3,(H,24,27). The summed E-state index contributed by atoms with van der Waals surface area (Å²) in [6, 6.07) is 15.2. The summed E-state index contributed by atoms with van der Waals surface area (Å²) >= 11 is 0. The van der Waals surface area contributed by atoms with Crippen molar-refractivity contribution >= 4 is 21.6 Å². The Morgan fingerprint density at radius 1 is 1.00 bits per heavy atom. The first-order valence-corrected chi connectivity index (χ1v) is 12.4. The van der Waals surface area contributed by atoms with Gasteiger partial charge in [0.25, 0.3) is 5.91 Å². The second-order valence-corrected chi connectivity index (χ2v) is 9.67. The van der Waals surface area contributed by atoms with Crippen LogP contribution in [-0.2, 0) is 14.8 Å². The van der Waals surface area contributed by atoms with Crippen LogP contribution in [0.15, 0.2) is 48.5 Å². The van der Waals surface area contributed by atoms with Crippen LogP contribution in [0.1, 0.15) is 12.5 Å². The van der Waals surface area contributed by atoms with Gasteiger partial charge in [-0.1, -0.05) is 12.1 Å². The average Bonchev–Trinajstić information content (AvgIpc) is 2.79. The van der Waals surface area contributed by atoms with E-state index in [-0.39, 0.29) is 24.8 Å².